The van der Waals surface area contributed by atoms with E-state index in [1.54, 1.807) is 0 Å². The molecular weight excluding hydrogens is 246 g/mol. The minimum absolute atomic E-state index is 0.276. The fraction of sp³-hybridized carbons (Fsp3) is 0.333. The fourth-order valence-corrected chi connectivity index (χ4v) is 2.31. The Labute approximate surface area is 121 Å². The molecule has 0 fully saturated rings. The van der Waals surface area contributed by atoms with Gasteiger partial charge in [-0.25, -0.2) is 0 Å². The molecule has 0 heterocycles. The molecule has 2 heteroatoms. The van der Waals surface area contributed by atoms with Crippen LogP contribution < -0.4 is 10.1 Å². The van der Waals surface area contributed by atoms with Gasteiger partial charge in [-0.3, -0.25) is 0 Å². The molecule has 0 aromatic heterocycles. The molecule has 1 N–H and O–H groups in total. The van der Waals surface area contributed by atoms with Crippen molar-refractivity contribution in [2.45, 2.75) is 33.2 Å². The standard InChI is InChI=1S/C18H23NO/c1-4-15-8-6-7-9-18(15)19-14(3)16-10-12-17(13-11-16)20-5-2/h6-14,19H,4-5H2,1-3H3. The Balaban J connectivity index is 2.09. The first-order chi connectivity index (χ1) is 9.74. The van der Waals surface area contributed by atoms with Crippen molar-refractivity contribution in [2.24, 2.45) is 0 Å². The molecule has 1 unspecified atom stereocenters. The average molecular weight is 269 g/mol. The van der Waals surface area contributed by atoms with Gasteiger partial charge < -0.3 is 10.1 Å². The van der Waals surface area contributed by atoms with Gasteiger partial charge in [-0.05, 0) is 49.6 Å². The number of hydrogen-bond acceptors (Lipinski definition) is 2. The highest BCUT2D eigenvalue weighted by Gasteiger charge is 2.07. The second-order valence-corrected chi connectivity index (χ2v) is 4.88. The van der Waals surface area contributed by atoms with Crippen molar-refractivity contribution >= 4 is 5.69 Å². The molecule has 0 aliphatic heterocycles. The van der Waals surface area contributed by atoms with Crippen LogP contribution in [-0.4, -0.2) is 6.61 Å². The van der Waals surface area contributed by atoms with Crippen LogP contribution in [0.15, 0.2) is 48.5 Å². The maximum Gasteiger partial charge on any atom is 0.119 e. The number of hydrogen-bond donors (Lipinski definition) is 1. The predicted molar refractivity (Wildman–Crippen MR) is 85.5 cm³/mol. The number of aryl methyl sites for hydroxylation is 1. The Bertz CT molecular complexity index is 533. The van der Waals surface area contributed by atoms with Crippen LogP contribution in [0.25, 0.3) is 0 Å². The van der Waals surface area contributed by atoms with Crippen molar-refractivity contribution in [2.75, 3.05) is 11.9 Å². The highest BCUT2D eigenvalue weighted by Crippen LogP contribution is 2.24. The van der Waals surface area contributed by atoms with Crippen molar-refractivity contribution in [3.63, 3.8) is 0 Å². The SMILES string of the molecule is CCOc1ccc(C(C)Nc2ccccc2CC)cc1. The summed E-state index contributed by atoms with van der Waals surface area (Å²) < 4.78 is 5.47. The smallest absolute Gasteiger partial charge is 0.119 e. The molecule has 0 saturated carbocycles. The summed E-state index contributed by atoms with van der Waals surface area (Å²) in [4.78, 5) is 0. The summed E-state index contributed by atoms with van der Waals surface area (Å²) in [6, 6.07) is 17.1. The van der Waals surface area contributed by atoms with Crippen LogP contribution in [0.5, 0.6) is 5.75 Å². The largest absolute Gasteiger partial charge is 0.494 e. The van der Waals surface area contributed by atoms with Crippen LogP contribution in [0, 0.1) is 0 Å². The summed E-state index contributed by atoms with van der Waals surface area (Å²) in [5.74, 6) is 0.928. The van der Waals surface area contributed by atoms with Gasteiger partial charge in [-0.2, -0.15) is 0 Å². The Hall–Kier alpha value is -1.96. The third-order valence-corrected chi connectivity index (χ3v) is 3.46. The van der Waals surface area contributed by atoms with E-state index in [4.69, 9.17) is 4.74 Å². The Morgan fingerprint density at radius 3 is 2.35 bits per heavy atom. The zero-order valence-electron chi connectivity index (χ0n) is 12.5. The summed E-state index contributed by atoms with van der Waals surface area (Å²) in [6.45, 7) is 7.07. The first-order valence-electron chi connectivity index (χ1n) is 7.31. The maximum absolute atomic E-state index is 5.47. The number of rotatable bonds is 6. The molecule has 0 aliphatic rings. The van der Waals surface area contributed by atoms with Gasteiger partial charge in [-0.15, -0.1) is 0 Å². The maximum atomic E-state index is 5.47. The molecule has 0 spiro atoms. The quantitative estimate of drug-likeness (QED) is 0.811. The van der Waals surface area contributed by atoms with E-state index in [1.165, 1.54) is 16.8 Å². The Morgan fingerprint density at radius 1 is 1.00 bits per heavy atom. The number of benzene rings is 2. The van der Waals surface area contributed by atoms with Gasteiger partial charge in [0.2, 0.25) is 0 Å². The van der Waals surface area contributed by atoms with E-state index in [1.807, 2.05) is 19.1 Å². The molecule has 2 nitrogen and oxygen atoms in total. The van der Waals surface area contributed by atoms with Gasteiger partial charge >= 0.3 is 0 Å². The number of anilines is 1. The van der Waals surface area contributed by atoms with Gasteiger partial charge in [0, 0.05) is 11.7 Å². The van der Waals surface area contributed by atoms with Gasteiger partial charge in [0.15, 0.2) is 0 Å². The molecule has 20 heavy (non-hydrogen) atoms. The zero-order chi connectivity index (χ0) is 14.4. The molecule has 2 aromatic rings. The van der Waals surface area contributed by atoms with E-state index < -0.39 is 0 Å². The molecule has 1 atom stereocenters. The third kappa shape index (κ3) is 3.53. The number of nitrogens with one attached hydrogen (secondary N) is 1. The predicted octanol–water partition coefficient (Wildman–Crippen LogP) is 4.82. The first-order valence-corrected chi connectivity index (χ1v) is 7.31. The lowest BCUT2D eigenvalue weighted by atomic mass is 10.1. The van der Waals surface area contributed by atoms with Gasteiger partial charge in [0.25, 0.3) is 0 Å². The van der Waals surface area contributed by atoms with E-state index >= 15 is 0 Å². The summed E-state index contributed by atoms with van der Waals surface area (Å²) in [5, 5.41) is 3.59. The zero-order valence-corrected chi connectivity index (χ0v) is 12.5. The Kier molecular flexibility index (Phi) is 5.05. The Morgan fingerprint density at radius 2 is 1.70 bits per heavy atom. The lowest BCUT2D eigenvalue weighted by Crippen LogP contribution is -2.08. The minimum atomic E-state index is 0.276. The van der Waals surface area contributed by atoms with Crippen LogP contribution in [0.2, 0.25) is 0 Å². The van der Waals surface area contributed by atoms with Crippen LogP contribution in [0.4, 0.5) is 5.69 Å². The van der Waals surface area contributed by atoms with E-state index in [0.717, 1.165) is 12.2 Å². The van der Waals surface area contributed by atoms with Crippen LogP contribution in [-0.2, 0) is 6.42 Å². The molecule has 2 aromatic carbocycles. The molecular formula is C18H23NO. The van der Waals surface area contributed by atoms with Crippen molar-refractivity contribution in [3.05, 3.63) is 59.7 Å². The first kappa shape index (κ1) is 14.4. The average Bonchev–Trinajstić information content (AvgIpc) is 2.49. The molecule has 0 radical (unpaired) electrons. The molecule has 0 bridgehead atoms. The number of ether oxygens (including phenoxy) is 1. The topological polar surface area (TPSA) is 21.3 Å². The van der Waals surface area contributed by atoms with Crippen LogP contribution >= 0.6 is 0 Å². The fourth-order valence-electron chi connectivity index (χ4n) is 2.31. The highest BCUT2D eigenvalue weighted by molar-refractivity contribution is 5.52. The van der Waals surface area contributed by atoms with Crippen molar-refractivity contribution in [3.8, 4) is 5.75 Å². The van der Waals surface area contributed by atoms with Crippen LogP contribution in [0.1, 0.15) is 37.9 Å². The third-order valence-electron chi connectivity index (χ3n) is 3.46. The molecule has 0 aliphatic carbocycles. The van der Waals surface area contributed by atoms with Gasteiger partial charge in [0.1, 0.15) is 5.75 Å². The van der Waals surface area contributed by atoms with E-state index in [-0.39, 0.29) is 6.04 Å². The summed E-state index contributed by atoms with van der Waals surface area (Å²) in [5.41, 5.74) is 3.83. The van der Waals surface area contributed by atoms with Crippen molar-refractivity contribution < 1.29 is 4.74 Å². The second kappa shape index (κ2) is 6.99. The normalized spacial score (nSPS) is 11.9. The van der Waals surface area contributed by atoms with Crippen LogP contribution in [0.3, 0.4) is 0 Å². The number of para-hydroxylation sites is 1. The molecule has 106 valence electrons. The van der Waals surface area contributed by atoms with E-state index in [0.29, 0.717) is 6.61 Å². The minimum Gasteiger partial charge on any atom is -0.494 e. The van der Waals surface area contributed by atoms with Crippen molar-refractivity contribution in [1.29, 1.82) is 0 Å². The monoisotopic (exact) mass is 269 g/mol. The van der Waals surface area contributed by atoms with Gasteiger partial charge in [-0.1, -0.05) is 37.3 Å². The molecule has 2 rings (SSSR count). The summed E-state index contributed by atoms with van der Waals surface area (Å²) in [7, 11) is 0. The molecule has 0 saturated heterocycles. The van der Waals surface area contributed by atoms with Gasteiger partial charge in [0.05, 0.1) is 6.61 Å². The van der Waals surface area contributed by atoms with E-state index in [2.05, 4.69) is 55.6 Å². The lowest BCUT2D eigenvalue weighted by molar-refractivity contribution is 0.340. The highest BCUT2D eigenvalue weighted by atomic mass is 16.5. The lowest BCUT2D eigenvalue weighted by Gasteiger charge is -2.18. The van der Waals surface area contributed by atoms with Crippen molar-refractivity contribution in [1.82, 2.24) is 0 Å². The second-order valence-electron chi connectivity index (χ2n) is 4.88. The van der Waals surface area contributed by atoms with E-state index in [9.17, 15) is 0 Å². The summed E-state index contributed by atoms with van der Waals surface area (Å²) in [6.07, 6.45) is 1.04. The summed E-state index contributed by atoms with van der Waals surface area (Å²) >= 11 is 0. The molecule has 0 amide bonds.